The Morgan fingerprint density at radius 3 is 2.76 bits per heavy atom. The van der Waals surface area contributed by atoms with Gasteiger partial charge in [0.05, 0.1) is 18.7 Å². The molecule has 7 heteroatoms. The topological polar surface area (TPSA) is 70.7 Å². The Bertz CT molecular complexity index is 595. The molecule has 0 saturated carbocycles. The third-order valence-electron chi connectivity index (χ3n) is 4.15. The number of nitrogens with zero attached hydrogens (tertiary/aromatic N) is 1. The van der Waals surface area contributed by atoms with Gasteiger partial charge in [-0.15, -0.1) is 12.4 Å². The van der Waals surface area contributed by atoms with Gasteiger partial charge in [0.15, 0.2) is 0 Å². The highest BCUT2D eigenvalue weighted by Gasteiger charge is 2.36. The number of rotatable bonds is 8. The molecule has 1 fully saturated rings. The molecule has 1 heterocycles. The zero-order valence-electron chi connectivity index (χ0n) is 15.1. The monoisotopic (exact) mass is 369 g/mol. The van der Waals surface area contributed by atoms with Crippen LogP contribution < -0.4 is 20.3 Å². The largest absolute Gasteiger partial charge is 0.495 e. The third kappa shape index (κ3) is 5.61. The number of hydrogen-bond donors (Lipinski definition) is 2. The summed E-state index contributed by atoms with van der Waals surface area (Å²) in [6.07, 6.45) is 1.31. The number of anilines is 1. The second-order valence-corrected chi connectivity index (χ2v) is 6.12. The summed E-state index contributed by atoms with van der Waals surface area (Å²) in [5.41, 5.74) is 1.79. The van der Waals surface area contributed by atoms with Gasteiger partial charge in [-0.1, -0.05) is 13.0 Å². The SMILES string of the molecule is CCCNCCNC(=O)C1CC(=O)N(c2cc(C)ccc2OC)C1.Cl. The molecule has 1 aromatic rings. The normalized spacial score (nSPS) is 16.5. The lowest BCUT2D eigenvalue weighted by molar-refractivity contribution is -0.126. The fraction of sp³-hybridized carbons (Fsp3) is 0.556. The summed E-state index contributed by atoms with van der Waals surface area (Å²) in [7, 11) is 1.59. The highest BCUT2D eigenvalue weighted by molar-refractivity contribution is 6.01. The molecule has 1 aliphatic rings. The molecule has 25 heavy (non-hydrogen) atoms. The van der Waals surface area contributed by atoms with E-state index in [9.17, 15) is 9.59 Å². The van der Waals surface area contributed by atoms with Gasteiger partial charge in [-0.3, -0.25) is 9.59 Å². The van der Waals surface area contributed by atoms with E-state index in [4.69, 9.17) is 4.74 Å². The van der Waals surface area contributed by atoms with Crippen LogP contribution in [0.1, 0.15) is 25.3 Å². The first-order valence-electron chi connectivity index (χ1n) is 8.50. The fourth-order valence-electron chi connectivity index (χ4n) is 2.85. The number of methoxy groups -OCH3 is 1. The van der Waals surface area contributed by atoms with Gasteiger partial charge in [-0.2, -0.15) is 0 Å². The van der Waals surface area contributed by atoms with Crippen molar-refractivity contribution in [3.05, 3.63) is 23.8 Å². The van der Waals surface area contributed by atoms with Crippen molar-refractivity contribution in [3.8, 4) is 5.75 Å². The molecule has 1 aliphatic heterocycles. The zero-order chi connectivity index (χ0) is 17.5. The van der Waals surface area contributed by atoms with Crippen LogP contribution >= 0.6 is 12.4 Å². The van der Waals surface area contributed by atoms with E-state index >= 15 is 0 Å². The average Bonchev–Trinajstić information content (AvgIpc) is 2.96. The molecule has 2 amide bonds. The number of nitrogens with one attached hydrogen (secondary N) is 2. The second kappa shape index (κ2) is 10.3. The van der Waals surface area contributed by atoms with E-state index in [1.807, 2.05) is 25.1 Å². The maximum absolute atomic E-state index is 12.4. The standard InChI is InChI=1S/C18H27N3O3.ClH/c1-4-7-19-8-9-20-18(23)14-11-17(22)21(12-14)15-10-13(2)5-6-16(15)24-3;/h5-6,10,14,19H,4,7-9,11-12H2,1-3H3,(H,20,23);1H. The molecular weight excluding hydrogens is 342 g/mol. The number of halogens is 1. The molecule has 0 bridgehead atoms. The number of carbonyl (C=O) groups excluding carboxylic acids is 2. The number of hydrogen-bond acceptors (Lipinski definition) is 4. The Balaban J connectivity index is 0.00000312. The molecule has 140 valence electrons. The highest BCUT2D eigenvalue weighted by Crippen LogP contribution is 2.33. The van der Waals surface area contributed by atoms with Gasteiger partial charge in [0.25, 0.3) is 0 Å². The molecule has 1 atom stereocenters. The summed E-state index contributed by atoms with van der Waals surface area (Å²) < 4.78 is 5.36. The molecule has 0 radical (unpaired) electrons. The molecule has 1 saturated heterocycles. The van der Waals surface area contributed by atoms with Gasteiger partial charge in [0.2, 0.25) is 11.8 Å². The predicted octanol–water partition coefficient (Wildman–Crippen LogP) is 1.89. The lowest BCUT2D eigenvalue weighted by Gasteiger charge is -2.20. The Labute approximate surface area is 155 Å². The predicted molar refractivity (Wildman–Crippen MR) is 102 cm³/mol. The van der Waals surface area contributed by atoms with Crippen LogP contribution in [0.15, 0.2) is 18.2 Å². The van der Waals surface area contributed by atoms with Crippen molar-refractivity contribution >= 4 is 29.9 Å². The lowest BCUT2D eigenvalue weighted by Crippen LogP contribution is -2.37. The first-order chi connectivity index (χ1) is 11.6. The fourth-order valence-corrected chi connectivity index (χ4v) is 2.85. The molecule has 1 unspecified atom stereocenters. The van der Waals surface area contributed by atoms with Crippen LogP contribution in [-0.4, -0.2) is 45.1 Å². The van der Waals surface area contributed by atoms with Gasteiger partial charge in [0, 0.05) is 26.1 Å². The zero-order valence-corrected chi connectivity index (χ0v) is 15.9. The number of aryl methyl sites for hydroxylation is 1. The van der Waals surface area contributed by atoms with E-state index in [-0.39, 0.29) is 36.6 Å². The van der Waals surface area contributed by atoms with Crippen LogP contribution in [0, 0.1) is 12.8 Å². The van der Waals surface area contributed by atoms with Gasteiger partial charge in [-0.05, 0) is 37.6 Å². The minimum atomic E-state index is -0.311. The van der Waals surface area contributed by atoms with Crippen molar-refractivity contribution in [2.45, 2.75) is 26.7 Å². The molecule has 2 rings (SSSR count). The maximum Gasteiger partial charge on any atom is 0.227 e. The molecule has 6 nitrogen and oxygen atoms in total. The first-order valence-corrected chi connectivity index (χ1v) is 8.50. The van der Waals surface area contributed by atoms with Crippen LogP contribution in [0.4, 0.5) is 5.69 Å². The summed E-state index contributed by atoms with van der Waals surface area (Å²) in [6, 6.07) is 5.72. The van der Waals surface area contributed by atoms with E-state index in [1.165, 1.54) is 0 Å². The Morgan fingerprint density at radius 1 is 1.32 bits per heavy atom. The van der Waals surface area contributed by atoms with Crippen molar-refractivity contribution in [1.82, 2.24) is 10.6 Å². The molecule has 1 aromatic carbocycles. The molecule has 0 spiro atoms. The summed E-state index contributed by atoms with van der Waals surface area (Å²) in [5.74, 6) is 0.242. The molecule has 2 N–H and O–H groups in total. The lowest BCUT2D eigenvalue weighted by atomic mass is 10.1. The summed E-state index contributed by atoms with van der Waals surface area (Å²) in [4.78, 5) is 26.3. The van der Waals surface area contributed by atoms with E-state index in [1.54, 1.807) is 12.0 Å². The number of amides is 2. The van der Waals surface area contributed by atoms with Crippen LogP contribution in [0.25, 0.3) is 0 Å². The van der Waals surface area contributed by atoms with Crippen molar-refractivity contribution in [3.63, 3.8) is 0 Å². The Kier molecular flexibility index (Phi) is 8.72. The van der Waals surface area contributed by atoms with Crippen LogP contribution in [-0.2, 0) is 9.59 Å². The van der Waals surface area contributed by atoms with Gasteiger partial charge in [0.1, 0.15) is 5.75 Å². The quantitative estimate of drug-likeness (QED) is 0.686. The number of benzene rings is 1. The van der Waals surface area contributed by atoms with Gasteiger partial charge in [-0.25, -0.2) is 0 Å². The van der Waals surface area contributed by atoms with E-state index in [0.29, 0.717) is 18.8 Å². The molecule has 0 aliphatic carbocycles. The van der Waals surface area contributed by atoms with Gasteiger partial charge >= 0.3 is 0 Å². The minimum absolute atomic E-state index is 0. The second-order valence-electron chi connectivity index (χ2n) is 6.12. The molecule has 0 aromatic heterocycles. The van der Waals surface area contributed by atoms with Gasteiger partial charge < -0.3 is 20.3 Å². The summed E-state index contributed by atoms with van der Waals surface area (Å²) in [6.45, 7) is 6.74. The van der Waals surface area contributed by atoms with Crippen molar-refractivity contribution in [2.75, 3.05) is 38.2 Å². The minimum Gasteiger partial charge on any atom is -0.495 e. The number of carbonyl (C=O) groups is 2. The summed E-state index contributed by atoms with van der Waals surface area (Å²) in [5, 5.41) is 6.14. The average molecular weight is 370 g/mol. The van der Waals surface area contributed by atoms with Crippen LogP contribution in [0.3, 0.4) is 0 Å². The van der Waals surface area contributed by atoms with Crippen molar-refractivity contribution < 1.29 is 14.3 Å². The van der Waals surface area contributed by atoms with Crippen molar-refractivity contribution in [1.29, 1.82) is 0 Å². The third-order valence-corrected chi connectivity index (χ3v) is 4.15. The Morgan fingerprint density at radius 2 is 2.08 bits per heavy atom. The van der Waals surface area contributed by atoms with Crippen molar-refractivity contribution in [2.24, 2.45) is 5.92 Å². The summed E-state index contributed by atoms with van der Waals surface area (Å²) >= 11 is 0. The van der Waals surface area contributed by atoms with E-state index in [2.05, 4.69) is 17.6 Å². The Hall–Kier alpha value is -1.79. The maximum atomic E-state index is 12.4. The van der Waals surface area contributed by atoms with Crippen LogP contribution in [0.5, 0.6) is 5.75 Å². The highest BCUT2D eigenvalue weighted by atomic mass is 35.5. The van der Waals surface area contributed by atoms with Crippen LogP contribution in [0.2, 0.25) is 0 Å². The molecular formula is C18H28ClN3O3. The van der Waals surface area contributed by atoms with E-state index < -0.39 is 0 Å². The first kappa shape index (κ1) is 21.3. The van der Waals surface area contributed by atoms with E-state index in [0.717, 1.165) is 30.8 Å². The smallest absolute Gasteiger partial charge is 0.227 e. The number of ether oxygens (including phenoxy) is 1.